The molecule has 1 amide bonds. The number of carbonyl (C=O) groups excluding carboxylic acids is 1. The van der Waals surface area contributed by atoms with E-state index in [1.165, 1.54) is 0 Å². The Hall–Kier alpha value is -2.02. The summed E-state index contributed by atoms with van der Waals surface area (Å²) in [6.45, 7) is 12.2. The lowest BCUT2D eigenvalue weighted by atomic mass is 9.99. The number of amides is 1. The van der Waals surface area contributed by atoms with Gasteiger partial charge in [0.15, 0.2) is 0 Å². The number of carbonyl (C=O) groups is 1. The van der Waals surface area contributed by atoms with Gasteiger partial charge >= 0.3 is 0 Å². The third-order valence-electron chi connectivity index (χ3n) is 3.46. The summed E-state index contributed by atoms with van der Waals surface area (Å²) in [6.07, 6.45) is 7.11. The summed E-state index contributed by atoms with van der Waals surface area (Å²) in [5.41, 5.74) is 0.184. The maximum Gasteiger partial charge on any atom is 0.266 e. The topological polar surface area (TPSA) is 47.3 Å². The van der Waals surface area contributed by atoms with Crippen molar-refractivity contribution in [2.24, 2.45) is 5.92 Å². The lowest BCUT2D eigenvalue weighted by Gasteiger charge is -2.30. The molecule has 0 radical (unpaired) electrons. The van der Waals surface area contributed by atoms with E-state index in [0.717, 1.165) is 25.9 Å². The van der Waals surface area contributed by atoms with Gasteiger partial charge in [-0.2, -0.15) is 5.26 Å². The Bertz CT molecular complexity index is 415. The lowest BCUT2D eigenvalue weighted by molar-refractivity contribution is -0.128. The number of nitrogens with zero attached hydrogens (tertiary/aromatic N) is 3. The second kappa shape index (κ2) is 8.21. The van der Waals surface area contributed by atoms with Crippen molar-refractivity contribution in [3.05, 3.63) is 37.1 Å². The average molecular weight is 273 g/mol. The molecule has 0 aromatic heterocycles. The summed E-state index contributed by atoms with van der Waals surface area (Å²) in [7, 11) is 0. The third kappa shape index (κ3) is 4.58. The van der Waals surface area contributed by atoms with E-state index in [4.69, 9.17) is 0 Å². The van der Waals surface area contributed by atoms with Gasteiger partial charge in [0.1, 0.15) is 11.6 Å². The van der Waals surface area contributed by atoms with Gasteiger partial charge in [0, 0.05) is 32.4 Å². The number of nitriles is 1. The Balaban J connectivity index is 2.77. The van der Waals surface area contributed by atoms with E-state index >= 15 is 0 Å². The lowest BCUT2D eigenvalue weighted by Crippen LogP contribution is -2.39. The molecule has 1 aliphatic rings. The molecular formula is C16H23N3O. The van der Waals surface area contributed by atoms with E-state index in [1.54, 1.807) is 23.3 Å². The highest BCUT2D eigenvalue weighted by Gasteiger charge is 2.23. The molecule has 4 nitrogen and oxygen atoms in total. The molecule has 1 heterocycles. The molecule has 20 heavy (non-hydrogen) atoms. The molecule has 1 rings (SSSR count). The predicted molar refractivity (Wildman–Crippen MR) is 80.6 cm³/mol. The first-order chi connectivity index (χ1) is 9.62. The highest BCUT2D eigenvalue weighted by molar-refractivity contribution is 5.97. The van der Waals surface area contributed by atoms with E-state index < -0.39 is 0 Å². The normalized spacial score (nSPS) is 16.4. The van der Waals surface area contributed by atoms with Gasteiger partial charge in [-0.05, 0) is 18.8 Å². The van der Waals surface area contributed by atoms with Crippen LogP contribution in [0.15, 0.2) is 37.1 Å². The minimum absolute atomic E-state index is 0.169. The van der Waals surface area contributed by atoms with Crippen molar-refractivity contribution in [1.29, 1.82) is 5.26 Å². The van der Waals surface area contributed by atoms with Crippen LogP contribution >= 0.6 is 0 Å². The standard InChI is InChI=1S/C16H23N3O/c1-4-8-18(9-5-2)13-15(12-17)16(20)19-10-6-14(3)7-11-19/h4-5,13-14H,1-2,6-11H2,3H3/b15-13-. The molecule has 0 bridgehead atoms. The molecule has 1 aliphatic heterocycles. The largest absolute Gasteiger partial charge is 0.369 e. The Morgan fingerprint density at radius 2 is 1.90 bits per heavy atom. The number of hydrogen-bond acceptors (Lipinski definition) is 3. The van der Waals surface area contributed by atoms with Crippen molar-refractivity contribution in [2.75, 3.05) is 26.2 Å². The first-order valence-corrected chi connectivity index (χ1v) is 6.99. The van der Waals surface area contributed by atoms with E-state index in [0.29, 0.717) is 19.0 Å². The van der Waals surface area contributed by atoms with E-state index in [1.807, 2.05) is 11.0 Å². The summed E-state index contributed by atoms with van der Waals surface area (Å²) >= 11 is 0. The van der Waals surface area contributed by atoms with Crippen molar-refractivity contribution in [1.82, 2.24) is 9.80 Å². The highest BCUT2D eigenvalue weighted by Crippen LogP contribution is 2.17. The molecule has 1 fully saturated rings. The molecule has 0 unspecified atom stereocenters. The molecule has 1 saturated heterocycles. The molecule has 4 heteroatoms. The summed E-state index contributed by atoms with van der Waals surface area (Å²) < 4.78 is 0. The molecular weight excluding hydrogens is 250 g/mol. The van der Waals surface area contributed by atoms with Gasteiger partial charge in [0.2, 0.25) is 0 Å². The fraction of sp³-hybridized carbons (Fsp3) is 0.500. The van der Waals surface area contributed by atoms with Crippen LogP contribution in [0.2, 0.25) is 0 Å². The fourth-order valence-corrected chi connectivity index (χ4v) is 2.21. The Labute approximate surface area is 121 Å². The van der Waals surface area contributed by atoms with E-state index in [2.05, 4.69) is 20.1 Å². The fourth-order valence-electron chi connectivity index (χ4n) is 2.21. The maximum absolute atomic E-state index is 12.3. The zero-order valence-corrected chi connectivity index (χ0v) is 12.2. The molecule has 0 saturated carbocycles. The second-order valence-corrected chi connectivity index (χ2v) is 5.16. The summed E-state index contributed by atoms with van der Waals surface area (Å²) in [5, 5.41) is 9.22. The van der Waals surface area contributed by atoms with Crippen molar-refractivity contribution in [3.63, 3.8) is 0 Å². The van der Waals surface area contributed by atoms with Crippen LogP contribution in [-0.4, -0.2) is 41.9 Å². The molecule has 0 N–H and O–H groups in total. The van der Waals surface area contributed by atoms with Crippen molar-refractivity contribution < 1.29 is 4.79 Å². The summed E-state index contributed by atoms with van der Waals surface area (Å²) in [4.78, 5) is 16.0. The predicted octanol–water partition coefficient (Wildman–Crippen LogP) is 2.33. The van der Waals surface area contributed by atoms with E-state index in [-0.39, 0.29) is 11.5 Å². The van der Waals surface area contributed by atoms with Crippen LogP contribution in [0.4, 0.5) is 0 Å². The third-order valence-corrected chi connectivity index (χ3v) is 3.46. The highest BCUT2D eigenvalue weighted by atomic mass is 16.2. The number of hydrogen-bond donors (Lipinski definition) is 0. The Morgan fingerprint density at radius 3 is 2.35 bits per heavy atom. The zero-order chi connectivity index (χ0) is 15.0. The number of rotatable bonds is 6. The van der Waals surface area contributed by atoms with Gasteiger partial charge in [-0.25, -0.2) is 0 Å². The minimum Gasteiger partial charge on any atom is -0.369 e. The number of piperidine rings is 1. The smallest absolute Gasteiger partial charge is 0.266 e. The summed E-state index contributed by atoms with van der Waals surface area (Å²) in [5.74, 6) is 0.490. The van der Waals surface area contributed by atoms with Gasteiger partial charge in [0.05, 0.1) is 0 Å². The van der Waals surface area contributed by atoms with E-state index in [9.17, 15) is 10.1 Å². The summed E-state index contributed by atoms with van der Waals surface area (Å²) in [6, 6.07) is 2.02. The Morgan fingerprint density at radius 1 is 1.35 bits per heavy atom. The van der Waals surface area contributed by atoms with Crippen LogP contribution in [0.1, 0.15) is 19.8 Å². The number of likely N-dealkylation sites (tertiary alicyclic amines) is 1. The van der Waals surface area contributed by atoms with Crippen LogP contribution in [0.5, 0.6) is 0 Å². The van der Waals surface area contributed by atoms with Crippen molar-refractivity contribution in [2.45, 2.75) is 19.8 Å². The van der Waals surface area contributed by atoms with Crippen LogP contribution in [0, 0.1) is 17.2 Å². The van der Waals surface area contributed by atoms with Gasteiger partial charge in [-0.3, -0.25) is 4.79 Å². The quantitative estimate of drug-likeness (QED) is 0.424. The van der Waals surface area contributed by atoms with Crippen molar-refractivity contribution >= 4 is 5.91 Å². The first-order valence-electron chi connectivity index (χ1n) is 6.99. The molecule has 0 atom stereocenters. The Kier molecular flexibility index (Phi) is 6.58. The van der Waals surface area contributed by atoms with Crippen LogP contribution in [0.25, 0.3) is 0 Å². The molecule has 0 aromatic carbocycles. The zero-order valence-electron chi connectivity index (χ0n) is 12.2. The molecule has 0 aliphatic carbocycles. The molecule has 0 spiro atoms. The first kappa shape index (κ1) is 16.0. The van der Waals surface area contributed by atoms with Gasteiger partial charge in [-0.15, -0.1) is 13.2 Å². The average Bonchev–Trinajstić information content (AvgIpc) is 2.45. The van der Waals surface area contributed by atoms with Gasteiger partial charge < -0.3 is 9.80 Å². The second-order valence-electron chi connectivity index (χ2n) is 5.16. The van der Waals surface area contributed by atoms with Crippen LogP contribution < -0.4 is 0 Å². The maximum atomic E-state index is 12.3. The van der Waals surface area contributed by atoms with Crippen molar-refractivity contribution in [3.8, 4) is 6.07 Å². The molecule has 0 aromatic rings. The van der Waals surface area contributed by atoms with Gasteiger partial charge in [0.25, 0.3) is 5.91 Å². The molecule has 108 valence electrons. The van der Waals surface area contributed by atoms with Crippen LogP contribution in [0.3, 0.4) is 0 Å². The van der Waals surface area contributed by atoms with Crippen LogP contribution in [-0.2, 0) is 4.79 Å². The van der Waals surface area contributed by atoms with Gasteiger partial charge in [-0.1, -0.05) is 19.1 Å². The SMILES string of the molecule is C=CCN(/C=C(/C#N)C(=O)N1CCC(C)CC1)CC=C. The minimum atomic E-state index is -0.169. The monoisotopic (exact) mass is 273 g/mol.